The van der Waals surface area contributed by atoms with Crippen LogP contribution < -0.4 is 0 Å². The van der Waals surface area contributed by atoms with Gasteiger partial charge in [0.1, 0.15) is 0 Å². The van der Waals surface area contributed by atoms with Crippen molar-refractivity contribution in [2.45, 2.75) is 67.2 Å². The SMILES string of the molecule is CC(C)c1cccc(C(C)C)c1N=CC1C(C)C(C)C(C)C1C. The summed E-state index contributed by atoms with van der Waals surface area (Å²) in [6.07, 6.45) is 2.28. The van der Waals surface area contributed by atoms with E-state index in [0.29, 0.717) is 17.8 Å². The number of hydrogen-bond donors (Lipinski definition) is 0. The van der Waals surface area contributed by atoms with Gasteiger partial charge >= 0.3 is 0 Å². The van der Waals surface area contributed by atoms with E-state index in [1.54, 1.807) is 0 Å². The fraction of sp³-hybridized carbons (Fsp3) is 0.682. The van der Waals surface area contributed by atoms with Gasteiger partial charge in [-0.15, -0.1) is 0 Å². The Hall–Kier alpha value is -1.11. The molecule has 0 radical (unpaired) electrons. The summed E-state index contributed by atoms with van der Waals surface area (Å²) in [5, 5.41) is 0. The molecule has 0 N–H and O–H groups in total. The number of nitrogens with zero attached hydrogens (tertiary/aromatic N) is 1. The Morgan fingerprint density at radius 2 is 1.22 bits per heavy atom. The van der Waals surface area contributed by atoms with Gasteiger partial charge in [0, 0.05) is 6.21 Å². The van der Waals surface area contributed by atoms with Crippen molar-refractivity contribution in [2.75, 3.05) is 0 Å². The van der Waals surface area contributed by atoms with Gasteiger partial charge in [0.05, 0.1) is 5.69 Å². The molecule has 1 aromatic carbocycles. The van der Waals surface area contributed by atoms with Crippen LogP contribution in [-0.2, 0) is 0 Å². The quantitative estimate of drug-likeness (QED) is 0.541. The van der Waals surface area contributed by atoms with Crippen molar-refractivity contribution in [1.29, 1.82) is 0 Å². The summed E-state index contributed by atoms with van der Waals surface area (Å²) in [5.41, 5.74) is 3.99. The lowest BCUT2D eigenvalue weighted by atomic mass is 9.90. The van der Waals surface area contributed by atoms with Crippen molar-refractivity contribution in [1.82, 2.24) is 0 Å². The summed E-state index contributed by atoms with van der Waals surface area (Å²) in [5.74, 6) is 4.63. The molecule has 1 aliphatic rings. The Morgan fingerprint density at radius 1 is 0.783 bits per heavy atom. The Kier molecular flexibility index (Phi) is 5.70. The predicted molar refractivity (Wildman–Crippen MR) is 103 cm³/mol. The Morgan fingerprint density at radius 3 is 1.61 bits per heavy atom. The fourth-order valence-corrected chi connectivity index (χ4v) is 4.23. The van der Waals surface area contributed by atoms with Crippen LogP contribution in [0.2, 0.25) is 0 Å². The molecular weight excluding hydrogens is 278 g/mol. The number of hydrogen-bond acceptors (Lipinski definition) is 1. The molecule has 4 atom stereocenters. The second-order valence-corrected chi connectivity index (χ2v) is 8.39. The van der Waals surface area contributed by atoms with Crippen LogP contribution in [0.15, 0.2) is 23.2 Å². The summed E-state index contributed by atoms with van der Waals surface area (Å²) >= 11 is 0. The van der Waals surface area contributed by atoms with Gasteiger partial charge in [-0.3, -0.25) is 4.99 Å². The highest BCUT2D eigenvalue weighted by Gasteiger charge is 2.40. The minimum atomic E-state index is 0.511. The summed E-state index contributed by atoms with van der Waals surface area (Å²) in [4.78, 5) is 5.08. The van der Waals surface area contributed by atoms with Gasteiger partial charge in [-0.1, -0.05) is 73.6 Å². The molecule has 0 aromatic heterocycles. The third kappa shape index (κ3) is 3.54. The second kappa shape index (κ2) is 7.20. The topological polar surface area (TPSA) is 12.4 Å². The molecule has 23 heavy (non-hydrogen) atoms. The Bertz CT molecular complexity index is 515. The highest BCUT2D eigenvalue weighted by Crippen LogP contribution is 2.45. The lowest BCUT2D eigenvalue weighted by Gasteiger charge is -2.19. The lowest BCUT2D eigenvalue weighted by molar-refractivity contribution is 0.352. The standard InChI is InChI=1S/C22H35N/c1-13(2)19-10-9-11-20(14(3)4)22(19)23-12-21-17(7)15(5)16(6)18(21)8/h9-18,21H,1-8H3. The highest BCUT2D eigenvalue weighted by molar-refractivity contribution is 5.70. The van der Waals surface area contributed by atoms with E-state index < -0.39 is 0 Å². The van der Waals surface area contributed by atoms with E-state index in [1.165, 1.54) is 16.8 Å². The van der Waals surface area contributed by atoms with Crippen molar-refractivity contribution in [3.05, 3.63) is 29.3 Å². The van der Waals surface area contributed by atoms with E-state index in [4.69, 9.17) is 4.99 Å². The number of rotatable bonds is 4. The van der Waals surface area contributed by atoms with Crippen molar-refractivity contribution in [2.24, 2.45) is 34.6 Å². The van der Waals surface area contributed by atoms with Gasteiger partial charge in [-0.2, -0.15) is 0 Å². The Labute approximate surface area is 143 Å². The zero-order valence-electron chi connectivity index (χ0n) is 16.3. The summed E-state index contributed by atoms with van der Waals surface area (Å²) in [6.45, 7) is 18.7. The number of para-hydroxylation sites is 1. The van der Waals surface area contributed by atoms with Gasteiger partial charge < -0.3 is 0 Å². The first-order valence-electron chi connectivity index (χ1n) is 9.42. The molecule has 4 unspecified atom stereocenters. The first kappa shape index (κ1) is 18.2. The molecule has 2 rings (SSSR count). The Balaban J connectivity index is 2.39. The molecule has 0 amide bonds. The molecule has 128 valence electrons. The largest absolute Gasteiger partial charge is 0.260 e. The third-order valence-corrected chi connectivity index (χ3v) is 6.42. The first-order chi connectivity index (χ1) is 10.8. The van der Waals surface area contributed by atoms with Crippen LogP contribution >= 0.6 is 0 Å². The maximum Gasteiger partial charge on any atom is 0.0694 e. The molecule has 0 spiro atoms. The average Bonchev–Trinajstić information content (AvgIpc) is 2.69. The molecule has 0 bridgehead atoms. The minimum absolute atomic E-state index is 0.511. The monoisotopic (exact) mass is 313 g/mol. The normalized spacial score (nSPS) is 31.7. The molecule has 1 fully saturated rings. The molecule has 0 heterocycles. The molecule has 1 aliphatic carbocycles. The van der Waals surface area contributed by atoms with E-state index in [0.717, 1.165) is 23.7 Å². The highest BCUT2D eigenvalue weighted by atomic mass is 14.7. The summed E-state index contributed by atoms with van der Waals surface area (Å²) < 4.78 is 0. The molecule has 1 aromatic rings. The maximum absolute atomic E-state index is 5.08. The van der Waals surface area contributed by atoms with Crippen molar-refractivity contribution >= 4 is 11.9 Å². The average molecular weight is 314 g/mol. The first-order valence-corrected chi connectivity index (χ1v) is 9.42. The van der Waals surface area contributed by atoms with Crippen molar-refractivity contribution < 1.29 is 0 Å². The molecule has 1 saturated carbocycles. The smallest absolute Gasteiger partial charge is 0.0694 e. The zero-order chi connectivity index (χ0) is 17.3. The van der Waals surface area contributed by atoms with Crippen LogP contribution in [0.1, 0.15) is 78.4 Å². The predicted octanol–water partition coefficient (Wildman–Crippen LogP) is 6.81. The molecule has 0 aliphatic heterocycles. The molecule has 1 heteroatoms. The van der Waals surface area contributed by atoms with Gasteiger partial charge in [-0.25, -0.2) is 0 Å². The summed E-state index contributed by atoms with van der Waals surface area (Å²) in [6, 6.07) is 6.68. The van der Waals surface area contributed by atoms with E-state index in [2.05, 4.69) is 79.8 Å². The van der Waals surface area contributed by atoms with Crippen LogP contribution in [0.4, 0.5) is 5.69 Å². The van der Waals surface area contributed by atoms with Gasteiger partial charge in [0.2, 0.25) is 0 Å². The molecule has 0 saturated heterocycles. The molecular formula is C22H35N. The van der Waals surface area contributed by atoms with Crippen molar-refractivity contribution in [3.63, 3.8) is 0 Å². The van der Waals surface area contributed by atoms with E-state index >= 15 is 0 Å². The van der Waals surface area contributed by atoms with Gasteiger partial charge in [0.25, 0.3) is 0 Å². The van der Waals surface area contributed by atoms with E-state index in [1.807, 2.05) is 0 Å². The van der Waals surface area contributed by atoms with Crippen LogP contribution in [0, 0.1) is 29.6 Å². The van der Waals surface area contributed by atoms with Crippen LogP contribution in [0.3, 0.4) is 0 Å². The van der Waals surface area contributed by atoms with Crippen LogP contribution in [-0.4, -0.2) is 6.21 Å². The van der Waals surface area contributed by atoms with Gasteiger partial charge in [-0.05, 0) is 52.6 Å². The lowest BCUT2D eigenvalue weighted by Crippen LogP contribution is -2.14. The van der Waals surface area contributed by atoms with Gasteiger partial charge in [0.15, 0.2) is 0 Å². The van der Waals surface area contributed by atoms with E-state index in [9.17, 15) is 0 Å². The van der Waals surface area contributed by atoms with Crippen molar-refractivity contribution in [3.8, 4) is 0 Å². The number of benzene rings is 1. The zero-order valence-corrected chi connectivity index (χ0v) is 16.3. The van der Waals surface area contributed by atoms with Crippen LogP contribution in [0.25, 0.3) is 0 Å². The van der Waals surface area contributed by atoms with E-state index in [-0.39, 0.29) is 0 Å². The maximum atomic E-state index is 5.08. The second-order valence-electron chi connectivity index (χ2n) is 8.39. The fourth-order valence-electron chi connectivity index (χ4n) is 4.23. The molecule has 1 nitrogen and oxygen atoms in total. The summed E-state index contributed by atoms with van der Waals surface area (Å²) in [7, 11) is 0. The third-order valence-electron chi connectivity index (χ3n) is 6.42. The minimum Gasteiger partial charge on any atom is -0.260 e. The van der Waals surface area contributed by atoms with Crippen LogP contribution in [0.5, 0.6) is 0 Å². The number of aliphatic imine (C=N–C) groups is 1.